The van der Waals surface area contributed by atoms with Crippen molar-refractivity contribution >= 4 is 86.4 Å². The van der Waals surface area contributed by atoms with Crippen LogP contribution < -0.4 is 4.74 Å². The number of hydrogen-bond acceptors (Lipinski definition) is 6. The first kappa shape index (κ1) is 22.0. The van der Waals surface area contributed by atoms with Crippen molar-refractivity contribution in [1.29, 1.82) is 0 Å². The lowest BCUT2D eigenvalue weighted by atomic mass is 10.1. The van der Waals surface area contributed by atoms with E-state index in [4.69, 9.17) is 21.7 Å². The van der Waals surface area contributed by atoms with Crippen molar-refractivity contribution in [3.63, 3.8) is 0 Å². The van der Waals surface area contributed by atoms with E-state index in [2.05, 4.69) is 45.2 Å². The number of rotatable bonds is 5. The maximum Gasteiger partial charge on any atom is 0.344 e. The number of nitrogens with zero attached hydrogens (tertiary/aromatic N) is 2. The Hall–Kier alpha value is -1.28. The van der Waals surface area contributed by atoms with Gasteiger partial charge in [0.05, 0.1) is 13.7 Å². The van der Waals surface area contributed by atoms with Crippen LogP contribution in [-0.4, -0.2) is 60.0 Å². The molecule has 27 heavy (non-hydrogen) atoms. The Bertz CT molecular complexity index is 807. The van der Waals surface area contributed by atoms with Crippen molar-refractivity contribution in [2.75, 3.05) is 27.3 Å². The molecule has 1 fully saturated rings. The summed E-state index contributed by atoms with van der Waals surface area (Å²) in [4.78, 5) is 38.8. The molecule has 0 aliphatic carbocycles. The quantitative estimate of drug-likeness (QED) is 0.167. The normalized spacial score (nSPS) is 14.6. The predicted molar refractivity (Wildman–Crippen MR) is 120 cm³/mol. The molecule has 10 heteroatoms. The molecule has 1 aromatic carbocycles. The number of likely N-dealkylation sites (N-methyl/N-ethyl adjacent to an activating group) is 2. The van der Waals surface area contributed by atoms with E-state index < -0.39 is 17.8 Å². The number of thiocarbonyl (C=S) groups is 1. The van der Waals surface area contributed by atoms with Gasteiger partial charge in [0.1, 0.15) is 11.3 Å². The molecule has 7 nitrogen and oxygen atoms in total. The molecule has 0 bridgehead atoms. The van der Waals surface area contributed by atoms with Crippen LogP contribution in [0.25, 0.3) is 6.08 Å². The van der Waals surface area contributed by atoms with Gasteiger partial charge in [-0.25, -0.2) is 4.79 Å². The van der Waals surface area contributed by atoms with Crippen molar-refractivity contribution in [1.82, 2.24) is 9.80 Å². The highest BCUT2D eigenvalue weighted by molar-refractivity contribution is 14.1. The molecule has 1 saturated heterocycles. The molecule has 1 aromatic rings. The van der Waals surface area contributed by atoms with Gasteiger partial charge in [-0.3, -0.25) is 19.4 Å². The first-order valence-electron chi connectivity index (χ1n) is 7.76. The molecule has 144 valence electrons. The van der Waals surface area contributed by atoms with E-state index in [0.717, 1.165) is 7.14 Å². The number of esters is 1. The summed E-state index contributed by atoms with van der Waals surface area (Å²) in [7, 11) is 3.06. The zero-order valence-corrected chi connectivity index (χ0v) is 19.9. The SMILES string of the molecule is CCOC(=O)COc1c(I)cc(C=C2C(=O)N(C)C(=S)N(C)C2=O)cc1I. The third kappa shape index (κ3) is 4.96. The fraction of sp³-hybridized carbons (Fsp3) is 0.294. The molecular formula is C17H16I2N2O5S. The summed E-state index contributed by atoms with van der Waals surface area (Å²) in [5, 5.41) is 0.161. The lowest BCUT2D eigenvalue weighted by molar-refractivity contribution is -0.145. The van der Waals surface area contributed by atoms with Gasteiger partial charge in [0, 0.05) is 14.1 Å². The summed E-state index contributed by atoms with van der Waals surface area (Å²) < 4.78 is 11.9. The third-order valence-electron chi connectivity index (χ3n) is 3.62. The van der Waals surface area contributed by atoms with Crippen LogP contribution in [-0.2, 0) is 19.1 Å². The second-order valence-corrected chi connectivity index (χ2v) is 8.17. The minimum absolute atomic E-state index is 0.0281. The fourth-order valence-electron chi connectivity index (χ4n) is 2.28. The topological polar surface area (TPSA) is 76.2 Å². The lowest BCUT2D eigenvalue weighted by Crippen LogP contribution is -2.52. The molecule has 0 N–H and O–H groups in total. The highest BCUT2D eigenvalue weighted by Crippen LogP contribution is 2.30. The summed E-state index contributed by atoms with van der Waals surface area (Å²) in [6.07, 6.45) is 1.53. The van der Waals surface area contributed by atoms with Crippen LogP contribution in [0, 0.1) is 7.14 Å². The van der Waals surface area contributed by atoms with Gasteiger partial charge in [0.2, 0.25) is 0 Å². The first-order chi connectivity index (χ1) is 12.7. The van der Waals surface area contributed by atoms with E-state index in [1.165, 1.54) is 30.0 Å². The van der Waals surface area contributed by atoms with E-state index in [0.29, 0.717) is 11.3 Å². The van der Waals surface area contributed by atoms with Crippen LogP contribution in [0.5, 0.6) is 5.75 Å². The van der Waals surface area contributed by atoms with Crippen LogP contribution in [0.15, 0.2) is 17.7 Å². The summed E-state index contributed by atoms with van der Waals surface area (Å²) >= 11 is 9.22. The van der Waals surface area contributed by atoms with E-state index >= 15 is 0 Å². The first-order valence-corrected chi connectivity index (χ1v) is 10.3. The summed E-state index contributed by atoms with van der Waals surface area (Å²) in [6.45, 7) is 1.82. The van der Waals surface area contributed by atoms with Crippen LogP contribution in [0.1, 0.15) is 12.5 Å². The average molecular weight is 614 g/mol. The van der Waals surface area contributed by atoms with Crippen LogP contribution in [0.3, 0.4) is 0 Å². The van der Waals surface area contributed by atoms with Gasteiger partial charge in [0.15, 0.2) is 11.7 Å². The molecule has 0 radical (unpaired) electrons. The molecule has 0 unspecified atom stereocenters. The summed E-state index contributed by atoms with van der Waals surface area (Å²) in [6, 6.07) is 3.54. The van der Waals surface area contributed by atoms with Gasteiger partial charge >= 0.3 is 5.97 Å². The molecule has 2 rings (SSSR count). The summed E-state index contributed by atoms with van der Waals surface area (Å²) in [5.74, 6) is -0.801. The van der Waals surface area contributed by atoms with Gasteiger partial charge in [-0.15, -0.1) is 0 Å². The monoisotopic (exact) mass is 614 g/mol. The largest absolute Gasteiger partial charge is 0.480 e. The maximum absolute atomic E-state index is 12.4. The van der Waals surface area contributed by atoms with Crippen LogP contribution in [0.2, 0.25) is 0 Å². The fourth-order valence-corrected chi connectivity index (χ4v) is 4.57. The number of amides is 2. The number of carbonyl (C=O) groups excluding carboxylic acids is 3. The van der Waals surface area contributed by atoms with Crippen LogP contribution >= 0.6 is 57.4 Å². The lowest BCUT2D eigenvalue weighted by Gasteiger charge is -2.31. The van der Waals surface area contributed by atoms with E-state index in [-0.39, 0.29) is 23.9 Å². The Balaban J connectivity index is 2.31. The Morgan fingerprint density at radius 2 is 1.67 bits per heavy atom. The second kappa shape index (κ2) is 9.28. The molecule has 1 aliphatic rings. The summed E-state index contributed by atoms with van der Waals surface area (Å²) in [5.41, 5.74) is 0.694. The highest BCUT2D eigenvalue weighted by Gasteiger charge is 2.35. The van der Waals surface area contributed by atoms with Crippen molar-refractivity contribution in [2.45, 2.75) is 6.92 Å². The zero-order chi connectivity index (χ0) is 20.3. The molecule has 1 heterocycles. The minimum atomic E-state index is -0.448. The van der Waals surface area contributed by atoms with E-state index in [1.54, 1.807) is 19.1 Å². The van der Waals surface area contributed by atoms with Gasteiger partial charge < -0.3 is 9.47 Å². The second-order valence-electron chi connectivity index (χ2n) is 5.48. The standard InChI is InChI=1S/C17H16I2N2O5S/c1-4-25-13(22)8-26-14-11(18)6-9(7-12(14)19)5-10-15(23)20(2)17(27)21(3)16(10)24/h5-7H,4,8H2,1-3H3. The number of benzene rings is 1. The van der Waals surface area contributed by atoms with E-state index in [9.17, 15) is 14.4 Å². The Kier molecular flexibility index (Phi) is 7.56. The molecule has 0 spiro atoms. The van der Waals surface area contributed by atoms with Gasteiger partial charge in [-0.05, 0) is 88.1 Å². The highest BCUT2D eigenvalue weighted by atomic mass is 127. The van der Waals surface area contributed by atoms with Crippen molar-refractivity contribution in [3.8, 4) is 5.75 Å². The van der Waals surface area contributed by atoms with Gasteiger partial charge in [0.25, 0.3) is 11.8 Å². The van der Waals surface area contributed by atoms with Crippen LogP contribution in [0.4, 0.5) is 0 Å². The molecule has 1 aliphatic heterocycles. The Labute approximate surface area is 189 Å². The van der Waals surface area contributed by atoms with Crippen molar-refractivity contribution in [2.24, 2.45) is 0 Å². The van der Waals surface area contributed by atoms with Gasteiger partial charge in [-0.2, -0.15) is 0 Å². The van der Waals surface area contributed by atoms with Crippen molar-refractivity contribution in [3.05, 3.63) is 30.4 Å². The molecule has 0 atom stereocenters. The van der Waals surface area contributed by atoms with Gasteiger partial charge in [-0.1, -0.05) is 0 Å². The number of halogens is 2. The maximum atomic E-state index is 12.4. The third-order valence-corrected chi connectivity index (χ3v) is 5.77. The van der Waals surface area contributed by atoms with Crippen molar-refractivity contribution < 1.29 is 23.9 Å². The number of carbonyl (C=O) groups is 3. The smallest absolute Gasteiger partial charge is 0.344 e. The molecule has 0 aromatic heterocycles. The Morgan fingerprint density at radius 1 is 1.15 bits per heavy atom. The molecule has 2 amide bonds. The minimum Gasteiger partial charge on any atom is -0.480 e. The van der Waals surface area contributed by atoms with E-state index in [1.807, 2.05) is 0 Å². The molecule has 0 saturated carbocycles. The number of ether oxygens (including phenoxy) is 2. The number of hydrogen-bond donors (Lipinski definition) is 0. The average Bonchev–Trinajstić information content (AvgIpc) is 2.61. The molecular weight excluding hydrogens is 598 g/mol. The predicted octanol–water partition coefficient (Wildman–Crippen LogP) is 2.44. The zero-order valence-electron chi connectivity index (χ0n) is 14.7. The Morgan fingerprint density at radius 3 is 2.15 bits per heavy atom.